The highest BCUT2D eigenvalue weighted by atomic mass is 16.6. The van der Waals surface area contributed by atoms with Gasteiger partial charge < -0.3 is 5.32 Å². The molecule has 4 heteroatoms. The Hall–Kier alpha value is -2.88. The van der Waals surface area contributed by atoms with Crippen molar-refractivity contribution in [3.63, 3.8) is 0 Å². The number of hydrogen-bond donors (Lipinski definition) is 1. The summed E-state index contributed by atoms with van der Waals surface area (Å²) in [6.45, 7) is 0.680. The van der Waals surface area contributed by atoms with Crippen LogP contribution in [0.2, 0.25) is 0 Å². The van der Waals surface area contributed by atoms with Gasteiger partial charge in [0.1, 0.15) is 0 Å². The van der Waals surface area contributed by atoms with Crippen molar-refractivity contribution in [3.05, 3.63) is 82.4 Å². The number of anilines is 1. The number of rotatable bonds is 4. The lowest BCUT2D eigenvalue weighted by Crippen LogP contribution is -2.00. The molecule has 0 saturated heterocycles. The minimum Gasteiger partial charge on any atom is -0.381 e. The summed E-state index contributed by atoms with van der Waals surface area (Å²) in [7, 11) is 0. The van der Waals surface area contributed by atoms with E-state index >= 15 is 0 Å². The van der Waals surface area contributed by atoms with Crippen LogP contribution in [0.5, 0.6) is 0 Å². The normalized spacial score (nSPS) is 10.5. The fraction of sp³-hybridized carbons (Fsp3) is 0.0588. The molecule has 3 aromatic carbocycles. The van der Waals surface area contributed by atoms with Crippen molar-refractivity contribution < 1.29 is 4.92 Å². The van der Waals surface area contributed by atoms with Crippen LogP contribution >= 0.6 is 0 Å². The summed E-state index contributed by atoms with van der Waals surface area (Å²) in [4.78, 5) is 10.2. The molecular formula is C17H14N2O2. The minimum absolute atomic E-state index is 0.103. The molecule has 1 N–H and O–H groups in total. The Morgan fingerprint density at radius 1 is 0.905 bits per heavy atom. The van der Waals surface area contributed by atoms with Gasteiger partial charge in [0.25, 0.3) is 5.69 Å². The lowest BCUT2D eigenvalue weighted by molar-refractivity contribution is -0.384. The second kappa shape index (κ2) is 5.63. The number of nitrogens with one attached hydrogen (secondary N) is 1. The molecule has 0 aliphatic rings. The maximum absolute atomic E-state index is 10.6. The second-order valence-electron chi connectivity index (χ2n) is 4.80. The first-order chi connectivity index (χ1) is 10.2. The average molecular weight is 278 g/mol. The molecule has 0 radical (unpaired) electrons. The first-order valence-corrected chi connectivity index (χ1v) is 6.69. The van der Waals surface area contributed by atoms with E-state index in [-0.39, 0.29) is 5.69 Å². The predicted octanol–water partition coefficient (Wildman–Crippen LogP) is 4.36. The molecule has 0 unspecified atom stereocenters. The van der Waals surface area contributed by atoms with Crippen LogP contribution in [0.1, 0.15) is 5.56 Å². The molecule has 0 saturated carbocycles. The minimum atomic E-state index is -0.394. The number of fused-ring (bicyclic) bond motifs is 1. The molecule has 0 bridgehead atoms. The van der Waals surface area contributed by atoms with Gasteiger partial charge in [-0.1, -0.05) is 42.5 Å². The summed E-state index contributed by atoms with van der Waals surface area (Å²) in [5, 5.41) is 16.3. The van der Waals surface area contributed by atoms with E-state index in [1.165, 1.54) is 28.5 Å². The molecule has 0 atom stereocenters. The lowest BCUT2D eigenvalue weighted by Gasteiger charge is -2.09. The number of hydrogen-bond acceptors (Lipinski definition) is 3. The molecule has 0 aliphatic carbocycles. The van der Waals surface area contributed by atoms with Crippen LogP contribution in [0.3, 0.4) is 0 Å². The van der Waals surface area contributed by atoms with Crippen molar-refractivity contribution in [1.82, 2.24) is 0 Å². The molecule has 0 fully saturated rings. The van der Waals surface area contributed by atoms with Gasteiger partial charge in [0, 0.05) is 24.4 Å². The SMILES string of the molecule is O=[N+]([O-])c1ccc(NCc2cccc3ccccc23)cc1. The topological polar surface area (TPSA) is 55.2 Å². The number of nitro benzene ring substituents is 1. The molecule has 0 amide bonds. The highest BCUT2D eigenvalue weighted by molar-refractivity contribution is 5.85. The Morgan fingerprint density at radius 2 is 1.62 bits per heavy atom. The van der Waals surface area contributed by atoms with Gasteiger partial charge in [-0.05, 0) is 28.5 Å². The summed E-state index contributed by atoms with van der Waals surface area (Å²) in [6, 6.07) is 20.9. The summed E-state index contributed by atoms with van der Waals surface area (Å²) in [6.07, 6.45) is 0. The van der Waals surface area contributed by atoms with Gasteiger partial charge in [-0.3, -0.25) is 10.1 Å². The van der Waals surface area contributed by atoms with Crippen molar-refractivity contribution in [2.24, 2.45) is 0 Å². The average Bonchev–Trinajstić information content (AvgIpc) is 2.53. The van der Waals surface area contributed by atoms with Crippen LogP contribution in [0.15, 0.2) is 66.7 Å². The van der Waals surface area contributed by atoms with E-state index < -0.39 is 4.92 Å². The van der Waals surface area contributed by atoms with E-state index in [1.807, 2.05) is 18.2 Å². The highest BCUT2D eigenvalue weighted by Crippen LogP contribution is 2.20. The van der Waals surface area contributed by atoms with Gasteiger partial charge in [-0.25, -0.2) is 0 Å². The zero-order chi connectivity index (χ0) is 14.7. The number of benzene rings is 3. The van der Waals surface area contributed by atoms with Crippen molar-refractivity contribution in [1.29, 1.82) is 0 Å². The molecule has 0 heterocycles. The van der Waals surface area contributed by atoms with Crippen LogP contribution in [-0.2, 0) is 6.54 Å². The summed E-state index contributed by atoms with van der Waals surface area (Å²) >= 11 is 0. The molecule has 0 spiro atoms. The van der Waals surface area contributed by atoms with Crippen molar-refractivity contribution in [2.45, 2.75) is 6.54 Å². The Labute approximate surface area is 122 Å². The maximum Gasteiger partial charge on any atom is 0.269 e. The summed E-state index contributed by atoms with van der Waals surface area (Å²) < 4.78 is 0. The van der Waals surface area contributed by atoms with Gasteiger partial charge in [0.15, 0.2) is 0 Å². The Morgan fingerprint density at radius 3 is 2.38 bits per heavy atom. The zero-order valence-corrected chi connectivity index (χ0v) is 11.3. The Balaban J connectivity index is 1.79. The van der Waals surface area contributed by atoms with E-state index in [2.05, 4.69) is 29.6 Å². The predicted molar refractivity (Wildman–Crippen MR) is 84.4 cm³/mol. The number of nitrogens with zero attached hydrogens (tertiary/aromatic N) is 1. The zero-order valence-electron chi connectivity index (χ0n) is 11.3. The highest BCUT2D eigenvalue weighted by Gasteiger charge is 2.04. The molecule has 0 aromatic heterocycles. The van der Waals surface area contributed by atoms with Crippen LogP contribution in [0, 0.1) is 10.1 Å². The number of nitro groups is 1. The standard InChI is InChI=1S/C17H14N2O2/c20-19(21)16-10-8-15(9-11-16)18-12-14-6-3-5-13-4-1-2-7-17(13)14/h1-11,18H,12H2. The van der Waals surface area contributed by atoms with E-state index in [0.717, 1.165) is 5.69 Å². The van der Waals surface area contributed by atoms with Crippen molar-refractivity contribution in [3.8, 4) is 0 Å². The van der Waals surface area contributed by atoms with Crippen LogP contribution < -0.4 is 5.32 Å². The molecular weight excluding hydrogens is 264 g/mol. The fourth-order valence-electron chi connectivity index (χ4n) is 2.34. The molecule has 104 valence electrons. The van der Waals surface area contributed by atoms with E-state index in [4.69, 9.17) is 0 Å². The van der Waals surface area contributed by atoms with E-state index in [0.29, 0.717) is 6.54 Å². The van der Waals surface area contributed by atoms with Crippen molar-refractivity contribution in [2.75, 3.05) is 5.32 Å². The first kappa shape index (κ1) is 13.1. The molecule has 21 heavy (non-hydrogen) atoms. The van der Waals surface area contributed by atoms with Gasteiger partial charge in [-0.2, -0.15) is 0 Å². The summed E-state index contributed by atoms with van der Waals surface area (Å²) in [5.74, 6) is 0. The van der Waals surface area contributed by atoms with Crippen molar-refractivity contribution >= 4 is 22.1 Å². The van der Waals surface area contributed by atoms with Gasteiger partial charge in [0.05, 0.1) is 4.92 Å². The fourth-order valence-corrected chi connectivity index (χ4v) is 2.34. The maximum atomic E-state index is 10.6. The largest absolute Gasteiger partial charge is 0.381 e. The van der Waals surface area contributed by atoms with E-state index in [9.17, 15) is 10.1 Å². The monoisotopic (exact) mass is 278 g/mol. The third-order valence-corrected chi connectivity index (χ3v) is 3.44. The molecule has 3 rings (SSSR count). The third-order valence-electron chi connectivity index (χ3n) is 3.44. The second-order valence-corrected chi connectivity index (χ2v) is 4.80. The first-order valence-electron chi connectivity index (χ1n) is 6.69. The quantitative estimate of drug-likeness (QED) is 0.570. The number of non-ortho nitro benzene ring substituents is 1. The van der Waals surface area contributed by atoms with Crippen LogP contribution in [-0.4, -0.2) is 4.92 Å². The molecule has 0 aliphatic heterocycles. The van der Waals surface area contributed by atoms with Gasteiger partial charge in [0.2, 0.25) is 0 Å². The Bertz CT molecular complexity index is 777. The third kappa shape index (κ3) is 2.84. The Kier molecular flexibility index (Phi) is 3.51. The molecule has 3 aromatic rings. The smallest absolute Gasteiger partial charge is 0.269 e. The lowest BCUT2D eigenvalue weighted by atomic mass is 10.0. The van der Waals surface area contributed by atoms with Crippen LogP contribution in [0.25, 0.3) is 10.8 Å². The summed E-state index contributed by atoms with van der Waals surface area (Å²) in [5.41, 5.74) is 2.17. The molecule has 4 nitrogen and oxygen atoms in total. The van der Waals surface area contributed by atoms with E-state index in [1.54, 1.807) is 12.1 Å². The van der Waals surface area contributed by atoms with Gasteiger partial charge >= 0.3 is 0 Å². The van der Waals surface area contributed by atoms with Crippen LogP contribution in [0.4, 0.5) is 11.4 Å². The van der Waals surface area contributed by atoms with Gasteiger partial charge in [-0.15, -0.1) is 0 Å².